The van der Waals surface area contributed by atoms with Crippen molar-refractivity contribution in [1.82, 2.24) is 0 Å². The fraction of sp³-hybridized carbons (Fsp3) is 0.562. The van der Waals surface area contributed by atoms with E-state index in [1.165, 1.54) is 37.8 Å². The molecule has 0 spiro atoms. The number of hydrogen-bond acceptors (Lipinski definition) is 1. The lowest BCUT2D eigenvalue weighted by atomic mass is 9.77. The second kappa shape index (κ2) is 6.51. The lowest BCUT2D eigenvalue weighted by molar-refractivity contribution is 0.107. The van der Waals surface area contributed by atoms with Gasteiger partial charge in [0.05, 0.1) is 5.56 Å². The number of benzene rings is 1. The van der Waals surface area contributed by atoms with Gasteiger partial charge in [-0.3, -0.25) is 4.79 Å². The molecule has 0 bridgehead atoms. The van der Waals surface area contributed by atoms with E-state index in [1.54, 1.807) is 0 Å². The number of hydrogen-bond donors (Lipinski definition) is 0. The third kappa shape index (κ3) is 3.56. The van der Waals surface area contributed by atoms with Gasteiger partial charge in [0.1, 0.15) is 5.82 Å². The molecule has 104 valence electrons. The highest BCUT2D eigenvalue weighted by atomic mass is 35.5. The molecule has 1 aliphatic carbocycles. The molecule has 0 N–H and O–H groups in total. The van der Waals surface area contributed by atoms with Crippen molar-refractivity contribution in [2.45, 2.75) is 51.4 Å². The molecule has 0 saturated heterocycles. The van der Waals surface area contributed by atoms with Gasteiger partial charge in [-0.2, -0.15) is 0 Å². The summed E-state index contributed by atoms with van der Waals surface area (Å²) in [6.07, 6.45) is 7.26. The SMILES string of the molecule is CCCC1CCC(c2ccc(C(=O)Cl)c(F)c2)CC1. The highest BCUT2D eigenvalue weighted by Gasteiger charge is 2.22. The summed E-state index contributed by atoms with van der Waals surface area (Å²) in [6.45, 7) is 2.23. The van der Waals surface area contributed by atoms with Crippen LogP contribution in [0.3, 0.4) is 0 Å². The molecule has 0 radical (unpaired) electrons. The Kier molecular flexibility index (Phi) is 4.98. The maximum absolute atomic E-state index is 13.7. The first kappa shape index (κ1) is 14.5. The standard InChI is InChI=1S/C16H20ClFO/c1-2-3-11-4-6-12(7-5-11)13-8-9-14(16(17)19)15(18)10-13/h8-12H,2-7H2,1H3. The van der Waals surface area contributed by atoms with E-state index < -0.39 is 11.1 Å². The van der Waals surface area contributed by atoms with Crippen molar-refractivity contribution in [3.05, 3.63) is 35.1 Å². The summed E-state index contributed by atoms with van der Waals surface area (Å²) in [4.78, 5) is 11.0. The lowest BCUT2D eigenvalue weighted by Gasteiger charge is -2.28. The van der Waals surface area contributed by atoms with Gasteiger partial charge in [0.2, 0.25) is 0 Å². The van der Waals surface area contributed by atoms with Crippen LogP contribution in [0.4, 0.5) is 4.39 Å². The molecule has 1 saturated carbocycles. The maximum Gasteiger partial charge on any atom is 0.255 e. The Morgan fingerprint density at radius 1 is 1.32 bits per heavy atom. The molecular formula is C16H20ClFO. The minimum absolute atomic E-state index is 0.0231. The van der Waals surface area contributed by atoms with E-state index >= 15 is 0 Å². The van der Waals surface area contributed by atoms with Gasteiger partial charge < -0.3 is 0 Å². The molecule has 19 heavy (non-hydrogen) atoms. The van der Waals surface area contributed by atoms with Crippen molar-refractivity contribution in [3.8, 4) is 0 Å². The second-order valence-corrected chi connectivity index (χ2v) is 5.86. The van der Waals surface area contributed by atoms with Crippen LogP contribution < -0.4 is 0 Å². The Morgan fingerprint density at radius 2 is 2.00 bits per heavy atom. The van der Waals surface area contributed by atoms with Crippen molar-refractivity contribution in [3.63, 3.8) is 0 Å². The zero-order chi connectivity index (χ0) is 13.8. The van der Waals surface area contributed by atoms with E-state index in [-0.39, 0.29) is 5.56 Å². The second-order valence-electron chi connectivity index (χ2n) is 5.52. The van der Waals surface area contributed by atoms with Gasteiger partial charge in [-0.15, -0.1) is 0 Å². The number of carbonyl (C=O) groups is 1. The van der Waals surface area contributed by atoms with Gasteiger partial charge in [-0.25, -0.2) is 4.39 Å². The number of rotatable bonds is 4. The molecule has 1 fully saturated rings. The van der Waals surface area contributed by atoms with Gasteiger partial charge in [0.15, 0.2) is 0 Å². The van der Waals surface area contributed by atoms with Crippen molar-refractivity contribution in [1.29, 1.82) is 0 Å². The Balaban J connectivity index is 2.04. The third-order valence-corrected chi connectivity index (χ3v) is 4.42. The summed E-state index contributed by atoms with van der Waals surface area (Å²) >= 11 is 5.32. The normalized spacial score (nSPS) is 23.3. The zero-order valence-electron chi connectivity index (χ0n) is 11.3. The van der Waals surface area contributed by atoms with E-state index in [4.69, 9.17) is 11.6 Å². The van der Waals surface area contributed by atoms with E-state index in [0.717, 1.165) is 24.3 Å². The van der Waals surface area contributed by atoms with Gasteiger partial charge in [-0.05, 0) is 66.8 Å². The quantitative estimate of drug-likeness (QED) is 0.687. The smallest absolute Gasteiger partial charge is 0.255 e. The predicted molar refractivity (Wildman–Crippen MR) is 76.2 cm³/mol. The van der Waals surface area contributed by atoms with E-state index in [0.29, 0.717) is 5.92 Å². The summed E-state index contributed by atoms with van der Waals surface area (Å²) in [5.74, 6) is 0.782. The van der Waals surface area contributed by atoms with E-state index in [1.807, 2.05) is 6.07 Å². The molecule has 1 aromatic rings. The van der Waals surface area contributed by atoms with Gasteiger partial charge in [0, 0.05) is 0 Å². The summed E-state index contributed by atoms with van der Waals surface area (Å²) in [5, 5.41) is -0.726. The minimum Gasteiger partial charge on any atom is -0.275 e. The van der Waals surface area contributed by atoms with Crippen molar-refractivity contribution < 1.29 is 9.18 Å². The van der Waals surface area contributed by atoms with Crippen molar-refractivity contribution >= 4 is 16.8 Å². The first-order valence-electron chi connectivity index (χ1n) is 7.11. The zero-order valence-corrected chi connectivity index (χ0v) is 12.0. The van der Waals surface area contributed by atoms with Crippen LogP contribution in [-0.4, -0.2) is 5.24 Å². The highest BCUT2D eigenvalue weighted by Crippen LogP contribution is 2.37. The summed E-state index contributed by atoms with van der Waals surface area (Å²) in [5.41, 5.74) is 0.985. The van der Waals surface area contributed by atoms with Crippen molar-refractivity contribution in [2.24, 2.45) is 5.92 Å². The highest BCUT2D eigenvalue weighted by molar-refractivity contribution is 6.67. The summed E-state index contributed by atoms with van der Waals surface area (Å²) in [6, 6.07) is 4.85. The Labute approximate surface area is 119 Å². The molecule has 1 nitrogen and oxygen atoms in total. The van der Waals surface area contributed by atoms with Crippen LogP contribution in [0.2, 0.25) is 0 Å². The van der Waals surface area contributed by atoms with Crippen LogP contribution in [0.5, 0.6) is 0 Å². The fourth-order valence-electron chi connectivity index (χ4n) is 3.14. The molecule has 3 heteroatoms. The Bertz CT molecular complexity index is 450. The van der Waals surface area contributed by atoms with Crippen LogP contribution in [0.25, 0.3) is 0 Å². The molecule has 0 amide bonds. The molecular weight excluding hydrogens is 263 g/mol. The molecule has 0 aromatic heterocycles. The summed E-state index contributed by atoms with van der Waals surface area (Å²) in [7, 11) is 0. The van der Waals surface area contributed by atoms with Crippen LogP contribution in [-0.2, 0) is 0 Å². The molecule has 1 aliphatic rings. The van der Waals surface area contributed by atoms with E-state index in [2.05, 4.69) is 6.92 Å². The molecule has 0 atom stereocenters. The molecule has 2 rings (SSSR count). The van der Waals surface area contributed by atoms with Crippen molar-refractivity contribution in [2.75, 3.05) is 0 Å². The number of carbonyl (C=O) groups excluding carboxylic acids is 1. The lowest BCUT2D eigenvalue weighted by Crippen LogP contribution is -2.13. The Morgan fingerprint density at radius 3 is 2.53 bits per heavy atom. The Hall–Kier alpha value is -0.890. The summed E-state index contributed by atoms with van der Waals surface area (Å²) < 4.78 is 13.7. The van der Waals surface area contributed by atoms with Crippen LogP contribution in [0, 0.1) is 11.7 Å². The predicted octanol–water partition coefficient (Wildman–Crippen LogP) is 5.28. The fourth-order valence-corrected chi connectivity index (χ4v) is 3.29. The molecule has 0 aliphatic heterocycles. The van der Waals surface area contributed by atoms with E-state index in [9.17, 15) is 9.18 Å². The first-order valence-corrected chi connectivity index (χ1v) is 7.49. The monoisotopic (exact) mass is 282 g/mol. The first-order chi connectivity index (χ1) is 9.11. The third-order valence-electron chi connectivity index (χ3n) is 4.22. The van der Waals surface area contributed by atoms with Gasteiger partial charge in [0.25, 0.3) is 5.24 Å². The largest absolute Gasteiger partial charge is 0.275 e. The van der Waals surface area contributed by atoms with Gasteiger partial charge in [-0.1, -0.05) is 25.8 Å². The topological polar surface area (TPSA) is 17.1 Å². The number of halogens is 2. The minimum atomic E-state index is -0.726. The average Bonchev–Trinajstić information content (AvgIpc) is 2.39. The van der Waals surface area contributed by atoms with Crippen LogP contribution in [0.1, 0.15) is 67.3 Å². The molecule has 1 aromatic carbocycles. The maximum atomic E-state index is 13.7. The van der Waals surface area contributed by atoms with Gasteiger partial charge >= 0.3 is 0 Å². The van der Waals surface area contributed by atoms with Crippen LogP contribution >= 0.6 is 11.6 Å². The molecule has 0 unspecified atom stereocenters. The van der Waals surface area contributed by atoms with Crippen LogP contribution in [0.15, 0.2) is 18.2 Å². The average molecular weight is 283 g/mol. The molecule has 0 heterocycles.